The van der Waals surface area contributed by atoms with E-state index in [4.69, 9.17) is 4.74 Å². The van der Waals surface area contributed by atoms with Crippen LogP contribution in [0.2, 0.25) is 0 Å². The van der Waals surface area contributed by atoms with E-state index in [1.165, 1.54) is 7.11 Å². The number of hydrogen-bond donors (Lipinski definition) is 0. The molecular weight excluding hydrogens is 240 g/mol. The van der Waals surface area contributed by atoms with Gasteiger partial charge in [0.2, 0.25) is 0 Å². The third-order valence-electron chi connectivity index (χ3n) is 3.11. The lowest BCUT2D eigenvalue weighted by molar-refractivity contribution is 0.0951. The van der Waals surface area contributed by atoms with Crippen LogP contribution in [0, 0.1) is 11.8 Å². The molecule has 2 rings (SSSR count). The van der Waals surface area contributed by atoms with Crippen LogP contribution in [-0.2, 0) is 4.74 Å². The van der Waals surface area contributed by atoms with E-state index in [2.05, 4.69) is 16.7 Å². The fourth-order valence-electron chi connectivity index (χ4n) is 1.99. The molecule has 19 heavy (non-hydrogen) atoms. The molecule has 4 nitrogen and oxygen atoms in total. The van der Waals surface area contributed by atoms with E-state index < -0.39 is 0 Å². The number of nitrogens with zero attached hydrogens (tertiary/aromatic N) is 2. The van der Waals surface area contributed by atoms with E-state index >= 15 is 0 Å². The van der Waals surface area contributed by atoms with Crippen molar-refractivity contribution < 1.29 is 9.53 Å². The summed E-state index contributed by atoms with van der Waals surface area (Å²) >= 11 is 0. The molecule has 1 aliphatic heterocycles. The molecular formula is C15H18N2O2. The van der Waals surface area contributed by atoms with Gasteiger partial charge in [0.1, 0.15) is 0 Å². The maximum Gasteiger partial charge on any atom is 0.409 e. The van der Waals surface area contributed by atoms with Crippen LogP contribution in [0.3, 0.4) is 0 Å². The van der Waals surface area contributed by atoms with Gasteiger partial charge in [-0.3, -0.25) is 4.90 Å². The molecule has 0 unspecified atom stereocenters. The Morgan fingerprint density at radius 2 is 1.89 bits per heavy atom. The van der Waals surface area contributed by atoms with Gasteiger partial charge in [0.15, 0.2) is 0 Å². The van der Waals surface area contributed by atoms with E-state index in [9.17, 15) is 4.79 Å². The molecule has 1 aromatic rings. The van der Waals surface area contributed by atoms with E-state index in [-0.39, 0.29) is 6.09 Å². The first-order chi connectivity index (χ1) is 9.29. The lowest BCUT2D eigenvalue weighted by Gasteiger charge is -2.32. The molecule has 0 N–H and O–H groups in total. The van der Waals surface area contributed by atoms with Crippen LogP contribution < -0.4 is 0 Å². The third kappa shape index (κ3) is 4.01. The van der Waals surface area contributed by atoms with Gasteiger partial charge < -0.3 is 9.64 Å². The first kappa shape index (κ1) is 13.4. The van der Waals surface area contributed by atoms with Gasteiger partial charge in [-0.25, -0.2) is 4.79 Å². The van der Waals surface area contributed by atoms with Crippen LogP contribution in [0.15, 0.2) is 30.3 Å². The highest BCUT2D eigenvalue weighted by molar-refractivity contribution is 5.67. The summed E-state index contributed by atoms with van der Waals surface area (Å²) in [5.74, 6) is 6.31. The van der Waals surface area contributed by atoms with Gasteiger partial charge >= 0.3 is 6.09 Å². The second-order valence-corrected chi connectivity index (χ2v) is 4.40. The molecule has 4 heteroatoms. The Balaban J connectivity index is 1.78. The van der Waals surface area contributed by atoms with E-state index in [1.807, 2.05) is 30.3 Å². The van der Waals surface area contributed by atoms with Crippen molar-refractivity contribution in [3.63, 3.8) is 0 Å². The van der Waals surface area contributed by atoms with Crippen LogP contribution in [-0.4, -0.2) is 55.7 Å². The zero-order valence-corrected chi connectivity index (χ0v) is 11.1. The Labute approximate surface area is 114 Å². The van der Waals surface area contributed by atoms with Crippen molar-refractivity contribution in [3.05, 3.63) is 35.9 Å². The largest absolute Gasteiger partial charge is 0.453 e. The molecule has 0 bridgehead atoms. The smallest absolute Gasteiger partial charge is 0.409 e. The number of rotatable bonds is 1. The number of carbonyl (C=O) groups excluding carboxylic acids is 1. The first-order valence-corrected chi connectivity index (χ1v) is 6.39. The molecule has 1 saturated heterocycles. The molecule has 1 aromatic carbocycles. The lowest BCUT2D eigenvalue weighted by atomic mass is 10.2. The minimum absolute atomic E-state index is 0.241. The van der Waals surface area contributed by atoms with Crippen LogP contribution in [0.4, 0.5) is 4.79 Å². The van der Waals surface area contributed by atoms with Crippen LogP contribution >= 0.6 is 0 Å². The highest BCUT2D eigenvalue weighted by atomic mass is 16.5. The van der Waals surface area contributed by atoms with Crippen LogP contribution in [0.5, 0.6) is 0 Å². The SMILES string of the molecule is COC(=O)N1CCN(CC#Cc2ccccc2)CC1. The summed E-state index contributed by atoms with van der Waals surface area (Å²) in [7, 11) is 1.42. The van der Waals surface area contributed by atoms with Gasteiger partial charge in [-0.05, 0) is 12.1 Å². The fraction of sp³-hybridized carbons (Fsp3) is 0.400. The standard InChI is InChI=1S/C15H18N2O2/c1-19-15(18)17-12-10-16(11-13-17)9-5-8-14-6-3-2-4-7-14/h2-4,6-7H,9-13H2,1H3. The molecule has 100 valence electrons. The topological polar surface area (TPSA) is 32.8 Å². The molecule has 1 amide bonds. The van der Waals surface area contributed by atoms with Gasteiger partial charge in [-0.2, -0.15) is 0 Å². The van der Waals surface area contributed by atoms with Crippen molar-refractivity contribution in [2.24, 2.45) is 0 Å². The fourth-order valence-corrected chi connectivity index (χ4v) is 1.99. The Morgan fingerprint density at radius 1 is 1.21 bits per heavy atom. The molecule has 1 aliphatic rings. The van der Waals surface area contributed by atoms with Gasteiger partial charge in [0.05, 0.1) is 13.7 Å². The number of methoxy groups -OCH3 is 1. The summed E-state index contributed by atoms with van der Waals surface area (Å²) in [4.78, 5) is 15.3. The summed E-state index contributed by atoms with van der Waals surface area (Å²) in [6, 6.07) is 9.96. The predicted octanol–water partition coefficient (Wildman–Crippen LogP) is 1.42. The minimum Gasteiger partial charge on any atom is -0.453 e. The Hall–Kier alpha value is -1.99. The molecule has 0 spiro atoms. The van der Waals surface area contributed by atoms with Crippen LogP contribution in [0.1, 0.15) is 5.56 Å². The number of piperazine rings is 1. The zero-order valence-electron chi connectivity index (χ0n) is 11.1. The number of ether oxygens (including phenoxy) is 1. The van der Waals surface area contributed by atoms with Gasteiger partial charge in [-0.15, -0.1) is 0 Å². The average Bonchev–Trinajstić information content (AvgIpc) is 2.48. The summed E-state index contributed by atoms with van der Waals surface area (Å²) < 4.78 is 4.70. The van der Waals surface area contributed by atoms with E-state index in [1.54, 1.807) is 4.90 Å². The van der Waals surface area contributed by atoms with Crippen molar-refractivity contribution in [1.29, 1.82) is 0 Å². The van der Waals surface area contributed by atoms with Gasteiger partial charge in [0, 0.05) is 31.7 Å². The normalized spacial score (nSPS) is 15.5. The number of amides is 1. The van der Waals surface area contributed by atoms with Crippen molar-refractivity contribution in [3.8, 4) is 11.8 Å². The first-order valence-electron chi connectivity index (χ1n) is 6.39. The lowest BCUT2D eigenvalue weighted by Crippen LogP contribution is -2.48. The highest BCUT2D eigenvalue weighted by Gasteiger charge is 2.20. The Kier molecular flexibility index (Phi) is 4.82. The summed E-state index contributed by atoms with van der Waals surface area (Å²) in [5, 5.41) is 0. The van der Waals surface area contributed by atoms with Gasteiger partial charge in [-0.1, -0.05) is 30.0 Å². The molecule has 0 aromatic heterocycles. The molecule has 0 radical (unpaired) electrons. The number of hydrogen-bond acceptors (Lipinski definition) is 3. The molecule has 0 atom stereocenters. The summed E-state index contributed by atoms with van der Waals surface area (Å²) in [6.07, 6.45) is -0.241. The molecule has 1 fully saturated rings. The van der Waals surface area contributed by atoms with Crippen molar-refractivity contribution in [1.82, 2.24) is 9.80 Å². The summed E-state index contributed by atoms with van der Waals surface area (Å²) in [6.45, 7) is 3.85. The average molecular weight is 258 g/mol. The summed E-state index contributed by atoms with van der Waals surface area (Å²) in [5.41, 5.74) is 1.04. The van der Waals surface area contributed by atoms with Crippen LogP contribution in [0.25, 0.3) is 0 Å². The maximum absolute atomic E-state index is 11.3. The monoisotopic (exact) mass is 258 g/mol. The molecule has 0 aliphatic carbocycles. The van der Waals surface area contributed by atoms with E-state index in [0.29, 0.717) is 13.1 Å². The van der Waals surface area contributed by atoms with Crippen molar-refractivity contribution >= 4 is 6.09 Å². The highest BCUT2D eigenvalue weighted by Crippen LogP contribution is 2.02. The Bertz CT molecular complexity index is 468. The second-order valence-electron chi connectivity index (χ2n) is 4.40. The minimum atomic E-state index is -0.241. The van der Waals surface area contributed by atoms with E-state index in [0.717, 1.165) is 25.2 Å². The molecule has 0 saturated carbocycles. The number of benzene rings is 1. The maximum atomic E-state index is 11.3. The van der Waals surface area contributed by atoms with Crippen molar-refractivity contribution in [2.75, 3.05) is 39.8 Å². The van der Waals surface area contributed by atoms with Crippen molar-refractivity contribution in [2.45, 2.75) is 0 Å². The Morgan fingerprint density at radius 3 is 2.53 bits per heavy atom. The van der Waals surface area contributed by atoms with Gasteiger partial charge in [0.25, 0.3) is 0 Å². The number of carbonyl (C=O) groups is 1. The predicted molar refractivity (Wildman–Crippen MR) is 73.7 cm³/mol. The molecule has 1 heterocycles. The quantitative estimate of drug-likeness (QED) is 0.714. The second kappa shape index (κ2) is 6.81. The zero-order chi connectivity index (χ0) is 13.5. The third-order valence-corrected chi connectivity index (χ3v) is 3.11.